The molecule has 1 saturated heterocycles. The Labute approximate surface area is 154 Å². The molecular formula is C22H24N2O2. The van der Waals surface area contributed by atoms with E-state index >= 15 is 0 Å². The zero-order chi connectivity index (χ0) is 18.1. The van der Waals surface area contributed by atoms with Crippen LogP contribution in [0.15, 0.2) is 48.5 Å². The van der Waals surface area contributed by atoms with Gasteiger partial charge in [0.05, 0.1) is 13.2 Å². The summed E-state index contributed by atoms with van der Waals surface area (Å²) in [7, 11) is 0. The van der Waals surface area contributed by atoms with E-state index in [1.807, 2.05) is 4.90 Å². The van der Waals surface area contributed by atoms with Crippen LogP contribution in [0.3, 0.4) is 0 Å². The fourth-order valence-corrected chi connectivity index (χ4v) is 3.55. The van der Waals surface area contributed by atoms with E-state index in [0.29, 0.717) is 32.8 Å². The molecular weight excluding hydrogens is 324 g/mol. The smallest absolute Gasteiger partial charge is 0.242 e. The Morgan fingerprint density at radius 1 is 0.962 bits per heavy atom. The van der Waals surface area contributed by atoms with Crippen molar-refractivity contribution < 1.29 is 9.53 Å². The highest BCUT2D eigenvalue weighted by molar-refractivity contribution is 5.89. The number of fused-ring (bicyclic) bond motifs is 1. The molecule has 0 unspecified atom stereocenters. The zero-order valence-corrected chi connectivity index (χ0v) is 15.4. The molecule has 0 aliphatic carbocycles. The lowest BCUT2D eigenvalue weighted by atomic mass is 10.1. The SMILES string of the molecule is Cc1ccc(-c2cc3ccc(C)cc3n2CC(=O)N2CCOCC2)cc1. The molecule has 2 heterocycles. The third kappa shape index (κ3) is 3.25. The molecule has 1 aliphatic rings. The van der Waals surface area contributed by atoms with Crippen molar-refractivity contribution >= 4 is 16.8 Å². The molecule has 0 spiro atoms. The quantitative estimate of drug-likeness (QED) is 0.722. The number of aryl methyl sites for hydroxylation is 2. The van der Waals surface area contributed by atoms with E-state index in [1.54, 1.807) is 0 Å². The predicted molar refractivity (Wildman–Crippen MR) is 104 cm³/mol. The molecule has 4 nitrogen and oxygen atoms in total. The van der Waals surface area contributed by atoms with Crippen LogP contribution in [0.2, 0.25) is 0 Å². The number of hydrogen-bond donors (Lipinski definition) is 0. The molecule has 0 bridgehead atoms. The van der Waals surface area contributed by atoms with Crippen LogP contribution in [0.5, 0.6) is 0 Å². The van der Waals surface area contributed by atoms with Gasteiger partial charge in [0.2, 0.25) is 5.91 Å². The van der Waals surface area contributed by atoms with Crippen LogP contribution in [0.25, 0.3) is 22.2 Å². The Balaban J connectivity index is 1.77. The first-order valence-corrected chi connectivity index (χ1v) is 9.14. The molecule has 1 aliphatic heterocycles. The van der Waals surface area contributed by atoms with Crippen molar-refractivity contribution in [1.82, 2.24) is 9.47 Å². The summed E-state index contributed by atoms with van der Waals surface area (Å²) in [4.78, 5) is 14.8. The van der Waals surface area contributed by atoms with Crippen LogP contribution in [-0.2, 0) is 16.1 Å². The van der Waals surface area contributed by atoms with E-state index in [9.17, 15) is 4.79 Å². The van der Waals surface area contributed by atoms with Gasteiger partial charge in [-0.2, -0.15) is 0 Å². The predicted octanol–water partition coefficient (Wildman–Crippen LogP) is 3.78. The van der Waals surface area contributed by atoms with Crippen molar-refractivity contribution in [2.24, 2.45) is 0 Å². The average Bonchev–Trinajstić information content (AvgIpc) is 3.01. The average molecular weight is 348 g/mol. The van der Waals surface area contributed by atoms with Crippen LogP contribution in [0.1, 0.15) is 11.1 Å². The summed E-state index contributed by atoms with van der Waals surface area (Å²) in [5, 5.41) is 1.17. The van der Waals surface area contributed by atoms with Gasteiger partial charge in [-0.05, 0) is 37.1 Å². The second-order valence-electron chi connectivity index (χ2n) is 7.04. The van der Waals surface area contributed by atoms with Crippen molar-refractivity contribution in [1.29, 1.82) is 0 Å². The summed E-state index contributed by atoms with van der Waals surface area (Å²) in [6, 6.07) is 17.1. The summed E-state index contributed by atoms with van der Waals surface area (Å²) in [5.41, 5.74) is 5.77. The largest absolute Gasteiger partial charge is 0.378 e. The molecule has 3 aromatic rings. The number of rotatable bonds is 3. The van der Waals surface area contributed by atoms with Crippen molar-refractivity contribution in [3.63, 3.8) is 0 Å². The third-order valence-corrected chi connectivity index (χ3v) is 5.06. The lowest BCUT2D eigenvalue weighted by Crippen LogP contribution is -2.42. The Hall–Kier alpha value is -2.59. The second-order valence-corrected chi connectivity index (χ2v) is 7.04. The third-order valence-electron chi connectivity index (χ3n) is 5.06. The molecule has 1 amide bonds. The molecule has 0 saturated carbocycles. The lowest BCUT2D eigenvalue weighted by molar-refractivity contribution is -0.135. The van der Waals surface area contributed by atoms with Gasteiger partial charge in [-0.1, -0.05) is 42.0 Å². The van der Waals surface area contributed by atoms with Crippen molar-refractivity contribution in [3.05, 3.63) is 59.7 Å². The standard InChI is InChI=1S/C22H24N2O2/c1-16-3-6-18(7-4-16)21-14-19-8-5-17(2)13-20(19)24(21)15-22(25)23-9-11-26-12-10-23/h3-8,13-14H,9-12,15H2,1-2H3. The molecule has 4 rings (SSSR count). The summed E-state index contributed by atoms with van der Waals surface area (Å²) >= 11 is 0. The van der Waals surface area contributed by atoms with Crippen LogP contribution in [-0.4, -0.2) is 41.7 Å². The fraction of sp³-hybridized carbons (Fsp3) is 0.318. The van der Waals surface area contributed by atoms with Crippen molar-refractivity contribution in [2.75, 3.05) is 26.3 Å². The van der Waals surface area contributed by atoms with Crippen LogP contribution >= 0.6 is 0 Å². The highest BCUT2D eigenvalue weighted by Gasteiger charge is 2.20. The van der Waals surface area contributed by atoms with Gasteiger partial charge in [-0.3, -0.25) is 4.79 Å². The number of benzene rings is 2. The molecule has 1 fully saturated rings. The van der Waals surface area contributed by atoms with Gasteiger partial charge in [-0.25, -0.2) is 0 Å². The molecule has 1 aromatic heterocycles. The lowest BCUT2D eigenvalue weighted by Gasteiger charge is -2.27. The summed E-state index contributed by atoms with van der Waals surface area (Å²) in [5.74, 6) is 0.153. The highest BCUT2D eigenvalue weighted by atomic mass is 16.5. The number of amides is 1. The monoisotopic (exact) mass is 348 g/mol. The molecule has 2 aromatic carbocycles. The minimum atomic E-state index is 0.153. The molecule has 134 valence electrons. The summed E-state index contributed by atoms with van der Waals surface area (Å²) < 4.78 is 7.53. The van der Waals surface area contributed by atoms with Gasteiger partial charge in [0.15, 0.2) is 0 Å². The van der Waals surface area contributed by atoms with Gasteiger partial charge in [0.1, 0.15) is 6.54 Å². The van der Waals surface area contributed by atoms with Crippen LogP contribution in [0, 0.1) is 13.8 Å². The van der Waals surface area contributed by atoms with Gasteiger partial charge in [0.25, 0.3) is 0 Å². The Kier molecular flexibility index (Phi) is 4.51. The van der Waals surface area contributed by atoms with Gasteiger partial charge >= 0.3 is 0 Å². The maximum atomic E-state index is 12.9. The first-order valence-electron chi connectivity index (χ1n) is 9.14. The Morgan fingerprint density at radius 2 is 1.65 bits per heavy atom. The van der Waals surface area contributed by atoms with E-state index < -0.39 is 0 Å². The molecule has 0 N–H and O–H groups in total. The Morgan fingerprint density at radius 3 is 2.38 bits per heavy atom. The first-order chi connectivity index (χ1) is 12.6. The highest BCUT2D eigenvalue weighted by Crippen LogP contribution is 2.29. The number of carbonyl (C=O) groups is 1. The van der Waals surface area contributed by atoms with Crippen LogP contribution in [0.4, 0.5) is 0 Å². The molecule has 4 heteroatoms. The van der Waals surface area contributed by atoms with Crippen LogP contribution < -0.4 is 0 Å². The van der Waals surface area contributed by atoms with E-state index in [1.165, 1.54) is 16.5 Å². The van der Waals surface area contributed by atoms with E-state index in [4.69, 9.17) is 4.74 Å². The van der Waals surface area contributed by atoms with E-state index in [0.717, 1.165) is 16.8 Å². The van der Waals surface area contributed by atoms with Gasteiger partial charge in [-0.15, -0.1) is 0 Å². The molecule has 0 radical (unpaired) electrons. The second kappa shape index (κ2) is 6.96. The number of aromatic nitrogens is 1. The molecule has 26 heavy (non-hydrogen) atoms. The Bertz CT molecular complexity index is 935. The number of carbonyl (C=O) groups excluding carboxylic acids is 1. The maximum Gasteiger partial charge on any atom is 0.242 e. The minimum Gasteiger partial charge on any atom is -0.378 e. The topological polar surface area (TPSA) is 34.5 Å². The number of hydrogen-bond acceptors (Lipinski definition) is 2. The van der Waals surface area contributed by atoms with Gasteiger partial charge < -0.3 is 14.2 Å². The van der Waals surface area contributed by atoms with E-state index in [-0.39, 0.29) is 5.91 Å². The summed E-state index contributed by atoms with van der Waals surface area (Å²) in [6.07, 6.45) is 0. The normalized spacial score (nSPS) is 14.8. The minimum absolute atomic E-state index is 0.153. The van der Waals surface area contributed by atoms with Crippen molar-refractivity contribution in [2.45, 2.75) is 20.4 Å². The van der Waals surface area contributed by atoms with Crippen molar-refractivity contribution in [3.8, 4) is 11.3 Å². The fourth-order valence-electron chi connectivity index (χ4n) is 3.55. The summed E-state index contributed by atoms with van der Waals surface area (Å²) in [6.45, 7) is 7.14. The van der Waals surface area contributed by atoms with Gasteiger partial charge in [0, 0.05) is 29.7 Å². The number of morpholine rings is 1. The molecule has 0 atom stereocenters. The maximum absolute atomic E-state index is 12.9. The number of ether oxygens (including phenoxy) is 1. The number of nitrogens with zero attached hydrogens (tertiary/aromatic N) is 2. The van der Waals surface area contributed by atoms with E-state index in [2.05, 4.69) is 66.9 Å². The zero-order valence-electron chi connectivity index (χ0n) is 15.4. The first kappa shape index (κ1) is 16.9.